The van der Waals surface area contributed by atoms with Crippen LogP contribution in [0.25, 0.3) is 0 Å². The topological polar surface area (TPSA) is 67.2 Å². The predicted molar refractivity (Wildman–Crippen MR) is 68.4 cm³/mol. The Morgan fingerprint density at radius 3 is 2.37 bits per heavy atom. The summed E-state index contributed by atoms with van der Waals surface area (Å²) in [5.41, 5.74) is 0.972. The number of ether oxygens (including phenoxy) is 1. The number of hydrogen-bond acceptors (Lipinski definition) is 4. The van der Waals surface area contributed by atoms with Gasteiger partial charge in [0.05, 0.1) is 17.2 Å². The number of rotatable bonds is 3. The second kappa shape index (κ2) is 6.14. The van der Waals surface area contributed by atoms with E-state index in [1.807, 2.05) is 6.07 Å². The van der Waals surface area contributed by atoms with Gasteiger partial charge < -0.3 is 9.53 Å². The van der Waals surface area contributed by atoms with Gasteiger partial charge in [-0.2, -0.15) is 5.26 Å². The van der Waals surface area contributed by atoms with Crippen molar-refractivity contribution in [3.05, 3.63) is 35.4 Å². The van der Waals surface area contributed by atoms with Crippen molar-refractivity contribution in [2.24, 2.45) is 5.92 Å². The number of nitrogens with zero attached hydrogens (tertiary/aromatic N) is 1. The Hall–Kier alpha value is -2.15. The molecule has 1 fully saturated rings. The van der Waals surface area contributed by atoms with Gasteiger partial charge in [0.1, 0.15) is 12.4 Å². The predicted octanol–water partition coefficient (Wildman–Crippen LogP) is 2.47. The molecule has 19 heavy (non-hydrogen) atoms. The van der Waals surface area contributed by atoms with Crippen LogP contribution in [0.2, 0.25) is 0 Å². The lowest BCUT2D eigenvalue weighted by atomic mass is 9.88. The molecule has 1 saturated carbocycles. The SMILES string of the molecule is N#Cc1ccc(C(=O)O[C@H]2CC[C@H](C=O)CC2)cc1. The maximum absolute atomic E-state index is 11.9. The van der Waals surface area contributed by atoms with Crippen molar-refractivity contribution in [2.45, 2.75) is 31.8 Å². The second-order valence-electron chi connectivity index (χ2n) is 4.77. The van der Waals surface area contributed by atoms with Crippen LogP contribution in [0.3, 0.4) is 0 Å². The molecule has 0 atom stereocenters. The Balaban J connectivity index is 1.90. The first-order valence-electron chi connectivity index (χ1n) is 6.39. The van der Waals surface area contributed by atoms with E-state index in [9.17, 15) is 9.59 Å². The molecule has 0 unspecified atom stereocenters. The van der Waals surface area contributed by atoms with E-state index in [-0.39, 0.29) is 18.0 Å². The van der Waals surface area contributed by atoms with Crippen LogP contribution in [0.15, 0.2) is 24.3 Å². The molecule has 4 nitrogen and oxygen atoms in total. The summed E-state index contributed by atoms with van der Waals surface area (Å²) >= 11 is 0. The summed E-state index contributed by atoms with van der Waals surface area (Å²) in [4.78, 5) is 22.5. The summed E-state index contributed by atoms with van der Waals surface area (Å²) in [6, 6.07) is 8.39. The summed E-state index contributed by atoms with van der Waals surface area (Å²) in [6.45, 7) is 0. The molecule has 4 heteroatoms. The smallest absolute Gasteiger partial charge is 0.338 e. The van der Waals surface area contributed by atoms with Crippen molar-refractivity contribution < 1.29 is 14.3 Å². The van der Waals surface area contributed by atoms with E-state index in [0.29, 0.717) is 11.1 Å². The molecule has 0 amide bonds. The quantitative estimate of drug-likeness (QED) is 0.616. The largest absolute Gasteiger partial charge is 0.459 e. The highest BCUT2D eigenvalue weighted by Crippen LogP contribution is 2.25. The van der Waals surface area contributed by atoms with E-state index in [2.05, 4.69) is 0 Å². The molecule has 1 aromatic carbocycles. The first-order chi connectivity index (χ1) is 9.22. The minimum atomic E-state index is -0.362. The molecule has 2 rings (SSSR count). The first kappa shape index (κ1) is 13.3. The van der Waals surface area contributed by atoms with Crippen LogP contribution in [0.5, 0.6) is 0 Å². The molecule has 0 radical (unpaired) electrons. The third-order valence-corrected chi connectivity index (χ3v) is 3.43. The lowest BCUT2D eigenvalue weighted by Crippen LogP contribution is -2.25. The van der Waals surface area contributed by atoms with E-state index in [1.54, 1.807) is 24.3 Å². The van der Waals surface area contributed by atoms with Gasteiger partial charge in [-0.1, -0.05) is 0 Å². The number of carbonyl (C=O) groups is 2. The number of hydrogen-bond donors (Lipinski definition) is 0. The highest BCUT2D eigenvalue weighted by atomic mass is 16.5. The van der Waals surface area contributed by atoms with Gasteiger partial charge in [0.2, 0.25) is 0 Å². The highest BCUT2D eigenvalue weighted by molar-refractivity contribution is 5.89. The lowest BCUT2D eigenvalue weighted by molar-refractivity contribution is -0.112. The normalized spacial score (nSPS) is 22.3. The summed E-state index contributed by atoms with van der Waals surface area (Å²) in [7, 11) is 0. The van der Waals surface area contributed by atoms with Gasteiger partial charge in [0.15, 0.2) is 0 Å². The van der Waals surface area contributed by atoms with E-state index < -0.39 is 0 Å². The summed E-state index contributed by atoms with van der Waals surface area (Å²) in [5, 5.41) is 8.68. The molecule has 0 N–H and O–H groups in total. The van der Waals surface area contributed by atoms with Gasteiger partial charge in [-0.15, -0.1) is 0 Å². The van der Waals surface area contributed by atoms with Crippen molar-refractivity contribution in [3.8, 4) is 6.07 Å². The average molecular weight is 257 g/mol. The number of carbonyl (C=O) groups excluding carboxylic acids is 2. The maximum Gasteiger partial charge on any atom is 0.338 e. The maximum atomic E-state index is 11.9. The molecular weight excluding hydrogens is 242 g/mol. The number of nitriles is 1. The molecule has 0 heterocycles. The zero-order chi connectivity index (χ0) is 13.7. The van der Waals surface area contributed by atoms with Gasteiger partial charge in [-0.25, -0.2) is 4.79 Å². The zero-order valence-electron chi connectivity index (χ0n) is 10.5. The van der Waals surface area contributed by atoms with E-state index >= 15 is 0 Å². The van der Waals surface area contributed by atoms with E-state index in [4.69, 9.17) is 10.00 Å². The Morgan fingerprint density at radius 1 is 1.21 bits per heavy atom. The number of aldehydes is 1. The van der Waals surface area contributed by atoms with Crippen LogP contribution in [0.4, 0.5) is 0 Å². The molecule has 0 spiro atoms. The van der Waals surface area contributed by atoms with E-state index in [1.165, 1.54) is 0 Å². The Kier molecular flexibility index (Phi) is 4.30. The van der Waals surface area contributed by atoms with Gasteiger partial charge in [0.25, 0.3) is 0 Å². The van der Waals surface area contributed by atoms with Gasteiger partial charge in [0, 0.05) is 5.92 Å². The molecule has 98 valence electrons. The standard InChI is InChI=1S/C15H15NO3/c16-9-11-1-5-13(6-2-11)15(18)19-14-7-3-12(10-17)4-8-14/h1-2,5-6,10,12,14H,3-4,7-8H2/t12-,14-. The van der Waals surface area contributed by atoms with Crippen LogP contribution >= 0.6 is 0 Å². The third kappa shape index (κ3) is 3.41. The van der Waals surface area contributed by atoms with Crippen molar-refractivity contribution in [3.63, 3.8) is 0 Å². The first-order valence-corrected chi connectivity index (χ1v) is 6.39. The van der Waals surface area contributed by atoms with Crippen molar-refractivity contribution in [1.29, 1.82) is 5.26 Å². The summed E-state index contributed by atoms with van der Waals surface area (Å²) in [6.07, 6.45) is 3.94. The Morgan fingerprint density at radius 2 is 1.84 bits per heavy atom. The number of benzene rings is 1. The van der Waals surface area contributed by atoms with Gasteiger partial charge in [-0.05, 0) is 49.9 Å². The summed E-state index contributed by atoms with van der Waals surface area (Å²) in [5.74, 6) is -0.246. The van der Waals surface area contributed by atoms with Crippen LogP contribution in [0, 0.1) is 17.2 Å². The van der Waals surface area contributed by atoms with Crippen LogP contribution in [-0.2, 0) is 9.53 Å². The fourth-order valence-corrected chi connectivity index (χ4v) is 2.24. The van der Waals surface area contributed by atoms with E-state index in [0.717, 1.165) is 32.0 Å². The molecule has 1 aliphatic rings. The fraction of sp³-hybridized carbons (Fsp3) is 0.400. The Bertz CT molecular complexity index is 493. The van der Waals surface area contributed by atoms with Crippen molar-refractivity contribution >= 4 is 12.3 Å². The monoisotopic (exact) mass is 257 g/mol. The fourth-order valence-electron chi connectivity index (χ4n) is 2.24. The molecule has 1 aliphatic carbocycles. The van der Waals surface area contributed by atoms with Gasteiger partial charge in [-0.3, -0.25) is 0 Å². The minimum Gasteiger partial charge on any atom is -0.459 e. The molecular formula is C15H15NO3. The van der Waals surface area contributed by atoms with Crippen LogP contribution in [0.1, 0.15) is 41.6 Å². The summed E-state index contributed by atoms with van der Waals surface area (Å²) < 4.78 is 5.41. The number of esters is 1. The lowest BCUT2D eigenvalue weighted by Gasteiger charge is -2.25. The highest BCUT2D eigenvalue weighted by Gasteiger charge is 2.23. The zero-order valence-corrected chi connectivity index (χ0v) is 10.5. The van der Waals surface area contributed by atoms with Crippen molar-refractivity contribution in [2.75, 3.05) is 0 Å². The minimum absolute atomic E-state index is 0.0978. The molecule has 0 aliphatic heterocycles. The molecule has 0 aromatic heterocycles. The average Bonchev–Trinajstić information content (AvgIpc) is 2.48. The second-order valence-corrected chi connectivity index (χ2v) is 4.77. The van der Waals surface area contributed by atoms with Crippen molar-refractivity contribution in [1.82, 2.24) is 0 Å². The van der Waals surface area contributed by atoms with Crippen LogP contribution < -0.4 is 0 Å². The molecule has 0 bridgehead atoms. The van der Waals surface area contributed by atoms with Crippen LogP contribution in [-0.4, -0.2) is 18.4 Å². The third-order valence-electron chi connectivity index (χ3n) is 3.43. The van der Waals surface area contributed by atoms with Gasteiger partial charge >= 0.3 is 5.97 Å². The molecule has 0 saturated heterocycles. The Labute approximate surface area is 112 Å². The molecule has 1 aromatic rings.